The summed E-state index contributed by atoms with van der Waals surface area (Å²) >= 11 is 0. The van der Waals surface area contributed by atoms with Crippen molar-refractivity contribution in [1.82, 2.24) is 5.32 Å². The molecule has 0 radical (unpaired) electrons. The molecule has 0 spiro atoms. The molecule has 1 rings (SSSR count). The number of nitrogens with one attached hydrogen (secondary N) is 1. The lowest BCUT2D eigenvalue weighted by Gasteiger charge is -2.24. The molecule has 0 aliphatic carbocycles. The predicted octanol–water partition coefficient (Wildman–Crippen LogP) is 0.500. The summed E-state index contributed by atoms with van der Waals surface area (Å²) in [5, 5.41) is 10.7. The van der Waals surface area contributed by atoms with Gasteiger partial charge < -0.3 is 19.9 Å². The van der Waals surface area contributed by atoms with Gasteiger partial charge in [-0.1, -0.05) is 0 Å². The molecule has 1 aliphatic heterocycles. The van der Waals surface area contributed by atoms with Crippen molar-refractivity contribution in [3.63, 3.8) is 0 Å². The van der Waals surface area contributed by atoms with Crippen LogP contribution in [0.1, 0.15) is 26.2 Å². The first-order valence-electron chi connectivity index (χ1n) is 6.37. The lowest BCUT2D eigenvalue weighted by molar-refractivity contribution is -0.145. The Morgan fingerprint density at radius 2 is 2.26 bits per heavy atom. The molecule has 110 valence electrons. The third kappa shape index (κ3) is 5.52. The summed E-state index contributed by atoms with van der Waals surface area (Å²) in [6, 6.07) is -1.52. The van der Waals surface area contributed by atoms with Gasteiger partial charge in [-0.15, -0.1) is 0 Å². The molecule has 6 nitrogen and oxygen atoms in total. The van der Waals surface area contributed by atoms with Gasteiger partial charge in [0.05, 0.1) is 12.7 Å². The average Bonchev–Trinajstić information content (AvgIpc) is 2.42. The van der Waals surface area contributed by atoms with E-state index in [1.165, 1.54) is 6.92 Å². The summed E-state index contributed by atoms with van der Waals surface area (Å²) in [6.07, 6.45) is 2.12. The molecule has 19 heavy (non-hydrogen) atoms. The van der Waals surface area contributed by atoms with Crippen LogP contribution in [0.15, 0.2) is 0 Å². The van der Waals surface area contributed by atoms with Crippen molar-refractivity contribution < 1.29 is 28.6 Å². The molecule has 0 aromatic carbocycles. The van der Waals surface area contributed by atoms with Crippen molar-refractivity contribution in [2.75, 3.05) is 19.9 Å². The zero-order valence-corrected chi connectivity index (χ0v) is 10.9. The van der Waals surface area contributed by atoms with E-state index < -0.39 is 30.7 Å². The van der Waals surface area contributed by atoms with E-state index in [0.717, 1.165) is 19.3 Å². The smallest absolute Gasteiger partial charge is 0.328 e. The van der Waals surface area contributed by atoms with Crippen LogP contribution in [0.25, 0.3) is 0 Å². The van der Waals surface area contributed by atoms with Gasteiger partial charge in [-0.2, -0.15) is 0 Å². The number of ether oxygens (including phenoxy) is 2. The van der Waals surface area contributed by atoms with Crippen LogP contribution in [0.4, 0.5) is 4.39 Å². The number of amides is 1. The molecule has 0 aromatic heterocycles. The summed E-state index contributed by atoms with van der Waals surface area (Å²) < 4.78 is 23.1. The summed E-state index contributed by atoms with van der Waals surface area (Å²) in [4.78, 5) is 22.2. The summed E-state index contributed by atoms with van der Waals surface area (Å²) in [6.45, 7) is 1.31. The lowest BCUT2D eigenvalue weighted by atomic mass is 10.1. The maximum atomic E-state index is 12.4. The van der Waals surface area contributed by atoms with E-state index in [9.17, 15) is 14.0 Å². The van der Waals surface area contributed by atoms with Crippen LogP contribution >= 0.6 is 0 Å². The highest BCUT2D eigenvalue weighted by molar-refractivity contribution is 5.86. The lowest BCUT2D eigenvalue weighted by Crippen LogP contribution is -2.47. The highest BCUT2D eigenvalue weighted by atomic mass is 19.1. The van der Waals surface area contributed by atoms with Gasteiger partial charge in [-0.3, -0.25) is 4.79 Å². The monoisotopic (exact) mass is 277 g/mol. The molecule has 1 saturated heterocycles. The molecule has 0 aromatic rings. The van der Waals surface area contributed by atoms with Crippen molar-refractivity contribution in [3.8, 4) is 0 Å². The summed E-state index contributed by atoms with van der Waals surface area (Å²) in [7, 11) is 0. The van der Waals surface area contributed by atoms with Gasteiger partial charge in [0.15, 0.2) is 6.04 Å². The van der Waals surface area contributed by atoms with Crippen molar-refractivity contribution >= 4 is 11.9 Å². The number of carbonyl (C=O) groups is 2. The fourth-order valence-electron chi connectivity index (χ4n) is 1.72. The number of halogens is 1. The Hall–Kier alpha value is -1.21. The molecule has 1 fully saturated rings. The number of alkyl halides is 1. The minimum atomic E-state index is -1.52. The Morgan fingerprint density at radius 1 is 1.53 bits per heavy atom. The fourth-order valence-corrected chi connectivity index (χ4v) is 1.72. The minimum absolute atomic E-state index is 0.0274. The second-order valence-electron chi connectivity index (χ2n) is 4.52. The standard InChI is InChI=1S/C12H20FNO5/c1-8(11(15)14-10(6-13)12(16)17)19-7-9-4-2-3-5-18-9/h8-10H,2-7H2,1H3,(H,14,15)(H,16,17). The topological polar surface area (TPSA) is 84.9 Å². The maximum absolute atomic E-state index is 12.4. The van der Waals surface area contributed by atoms with Crippen LogP contribution in [0.3, 0.4) is 0 Å². The van der Waals surface area contributed by atoms with Crippen LogP contribution in [-0.4, -0.2) is 55.1 Å². The molecule has 3 unspecified atom stereocenters. The van der Waals surface area contributed by atoms with Crippen LogP contribution < -0.4 is 5.32 Å². The third-order valence-electron chi connectivity index (χ3n) is 2.94. The molecule has 7 heteroatoms. The van der Waals surface area contributed by atoms with E-state index in [-0.39, 0.29) is 12.7 Å². The third-order valence-corrected chi connectivity index (χ3v) is 2.94. The molecule has 1 amide bonds. The van der Waals surface area contributed by atoms with E-state index in [1.807, 2.05) is 0 Å². The van der Waals surface area contributed by atoms with Crippen LogP contribution in [-0.2, 0) is 19.1 Å². The van der Waals surface area contributed by atoms with Crippen LogP contribution in [0.5, 0.6) is 0 Å². The van der Waals surface area contributed by atoms with E-state index in [2.05, 4.69) is 5.32 Å². The Bertz CT molecular complexity index is 306. The molecular weight excluding hydrogens is 257 g/mol. The number of carboxylic acids is 1. The fraction of sp³-hybridized carbons (Fsp3) is 0.833. The van der Waals surface area contributed by atoms with Gasteiger partial charge >= 0.3 is 5.97 Å². The zero-order valence-electron chi connectivity index (χ0n) is 10.9. The van der Waals surface area contributed by atoms with Gasteiger partial charge in [0.25, 0.3) is 0 Å². The van der Waals surface area contributed by atoms with E-state index in [4.69, 9.17) is 14.6 Å². The van der Waals surface area contributed by atoms with Gasteiger partial charge in [0.2, 0.25) is 5.91 Å². The Morgan fingerprint density at radius 3 is 2.79 bits per heavy atom. The van der Waals surface area contributed by atoms with Gasteiger partial charge in [0, 0.05) is 6.61 Å². The van der Waals surface area contributed by atoms with Crippen molar-refractivity contribution in [1.29, 1.82) is 0 Å². The highest BCUT2D eigenvalue weighted by Crippen LogP contribution is 2.13. The SMILES string of the molecule is CC(OCC1CCCCO1)C(=O)NC(CF)C(=O)O. The Balaban J connectivity index is 2.29. The van der Waals surface area contributed by atoms with E-state index in [1.54, 1.807) is 0 Å². The molecule has 2 N–H and O–H groups in total. The quantitative estimate of drug-likeness (QED) is 0.708. The Labute approximate surface area is 111 Å². The highest BCUT2D eigenvalue weighted by Gasteiger charge is 2.24. The first-order chi connectivity index (χ1) is 9.04. The van der Waals surface area contributed by atoms with Crippen molar-refractivity contribution in [3.05, 3.63) is 0 Å². The number of carbonyl (C=O) groups excluding carboxylic acids is 1. The minimum Gasteiger partial charge on any atom is -0.480 e. The maximum Gasteiger partial charge on any atom is 0.328 e. The van der Waals surface area contributed by atoms with Crippen molar-refractivity contribution in [2.24, 2.45) is 0 Å². The van der Waals surface area contributed by atoms with Crippen molar-refractivity contribution in [2.45, 2.75) is 44.4 Å². The molecule has 0 saturated carbocycles. The first kappa shape index (κ1) is 15.8. The number of aliphatic carboxylic acids is 1. The van der Waals surface area contributed by atoms with Gasteiger partial charge in [0.1, 0.15) is 12.8 Å². The molecule has 3 atom stereocenters. The van der Waals surface area contributed by atoms with Crippen LogP contribution in [0.2, 0.25) is 0 Å². The Kier molecular flexibility index (Phi) is 6.72. The second-order valence-corrected chi connectivity index (χ2v) is 4.52. The number of hydrogen-bond acceptors (Lipinski definition) is 4. The zero-order chi connectivity index (χ0) is 14.3. The van der Waals surface area contributed by atoms with E-state index in [0.29, 0.717) is 6.61 Å². The molecule has 1 heterocycles. The number of hydrogen-bond donors (Lipinski definition) is 2. The van der Waals surface area contributed by atoms with Gasteiger partial charge in [-0.05, 0) is 26.2 Å². The number of rotatable bonds is 7. The first-order valence-corrected chi connectivity index (χ1v) is 6.37. The molecule has 0 bridgehead atoms. The van der Waals surface area contributed by atoms with E-state index >= 15 is 0 Å². The second kappa shape index (κ2) is 8.06. The summed E-state index contributed by atoms with van der Waals surface area (Å²) in [5.74, 6) is -2.04. The largest absolute Gasteiger partial charge is 0.480 e. The van der Waals surface area contributed by atoms with Crippen LogP contribution in [0, 0.1) is 0 Å². The number of carboxylic acid groups (broad SMARTS) is 1. The summed E-state index contributed by atoms with van der Waals surface area (Å²) in [5.41, 5.74) is 0. The molecule has 1 aliphatic rings. The van der Waals surface area contributed by atoms with Gasteiger partial charge in [-0.25, -0.2) is 9.18 Å². The average molecular weight is 277 g/mol. The molecular formula is C12H20FNO5. The normalized spacial score (nSPS) is 22.5. The predicted molar refractivity (Wildman–Crippen MR) is 64.5 cm³/mol.